The third kappa shape index (κ3) is 3.81. The first-order valence-electron chi connectivity index (χ1n) is 8.78. The van der Waals surface area contributed by atoms with E-state index in [0.29, 0.717) is 25.7 Å². The Balaban J connectivity index is 1.74. The molecule has 24 heavy (non-hydrogen) atoms. The smallest absolute Gasteiger partial charge is 0.308 e. The SMILES string of the molecule is O=C(O)C1CCCCCCC1NS(=O)(=O)C1Cc2ccccc2C1. The molecule has 0 saturated heterocycles. The van der Waals surface area contributed by atoms with Crippen molar-refractivity contribution in [2.45, 2.75) is 62.7 Å². The van der Waals surface area contributed by atoms with Crippen molar-refractivity contribution in [3.05, 3.63) is 35.4 Å². The number of hydrogen-bond acceptors (Lipinski definition) is 3. The maximum Gasteiger partial charge on any atom is 0.308 e. The molecule has 1 aromatic carbocycles. The van der Waals surface area contributed by atoms with Crippen molar-refractivity contribution < 1.29 is 18.3 Å². The van der Waals surface area contributed by atoms with E-state index in [1.54, 1.807) is 0 Å². The molecule has 2 N–H and O–H groups in total. The molecule has 6 heteroatoms. The molecular formula is C18H25NO4S. The first-order chi connectivity index (χ1) is 11.5. The van der Waals surface area contributed by atoms with Gasteiger partial charge in [-0.1, -0.05) is 49.9 Å². The average Bonchev–Trinajstić information content (AvgIpc) is 2.94. The van der Waals surface area contributed by atoms with Crippen LogP contribution in [0.1, 0.15) is 49.7 Å². The summed E-state index contributed by atoms with van der Waals surface area (Å²) in [5, 5.41) is 9.00. The summed E-state index contributed by atoms with van der Waals surface area (Å²) in [6, 6.07) is 7.31. The van der Waals surface area contributed by atoms with E-state index in [4.69, 9.17) is 0 Å². The van der Waals surface area contributed by atoms with Gasteiger partial charge in [0.05, 0.1) is 11.2 Å². The highest BCUT2D eigenvalue weighted by molar-refractivity contribution is 7.90. The Kier molecular flexibility index (Phi) is 5.25. The number of carbonyl (C=O) groups is 1. The number of rotatable bonds is 4. The van der Waals surface area contributed by atoms with Gasteiger partial charge in [-0.15, -0.1) is 0 Å². The van der Waals surface area contributed by atoms with E-state index in [9.17, 15) is 18.3 Å². The fourth-order valence-corrected chi connectivity index (χ4v) is 5.66. The number of fused-ring (bicyclic) bond motifs is 1. The van der Waals surface area contributed by atoms with Gasteiger partial charge < -0.3 is 5.11 Å². The van der Waals surface area contributed by atoms with Crippen molar-refractivity contribution in [3.8, 4) is 0 Å². The molecule has 2 aliphatic carbocycles. The number of nitrogens with one attached hydrogen (secondary N) is 1. The van der Waals surface area contributed by atoms with Gasteiger partial charge >= 0.3 is 5.97 Å². The molecule has 0 aliphatic heterocycles. The molecular weight excluding hydrogens is 326 g/mol. The standard InChI is InChI=1S/C18H25NO4S/c20-18(21)16-9-3-1-2-4-10-17(16)19-24(22,23)15-11-13-7-5-6-8-14(13)12-15/h5-8,15-17,19H,1-4,9-12H2,(H,20,21). The van der Waals surface area contributed by atoms with Gasteiger partial charge in [-0.2, -0.15) is 0 Å². The lowest BCUT2D eigenvalue weighted by molar-refractivity contribution is -0.143. The number of sulfonamides is 1. The molecule has 0 aromatic heterocycles. The van der Waals surface area contributed by atoms with Gasteiger partial charge in [0.2, 0.25) is 10.0 Å². The van der Waals surface area contributed by atoms with Crippen LogP contribution in [-0.2, 0) is 27.7 Å². The second kappa shape index (κ2) is 7.23. The van der Waals surface area contributed by atoms with Crippen LogP contribution in [0, 0.1) is 5.92 Å². The molecule has 1 aromatic rings. The van der Waals surface area contributed by atoms with Crippen LogP contribution in [0.25, 0.3) is 0 Å². The fraction of sp³-hybridized carbons (Fsp3) is 0.611. The van der Waals surface area contributed by atoms with Crippen LogP contribution in [0.15, 0.2) is 24.3 Å². The van der Waals surface area contributed by atoms with Crippen LogP contribution in [0.2, 0.25) is 0 Å². The number of hydrogen-bond donors (Lipinski definition) is 2. The highest BCUT2D eigenvalue weighted by Crippen LogP contribution is 2.28. The zero-order valence-electron chi connectivity index (χ0n) is 13.8. The van der Waals surface area contributed by atoms with Crippen LogP contribution < -0.4 is 4.72 Å². The summed E-state index contributed by atoms with van der Waals surface area (Å²) in [6.07, 6.45) is 5.97. The minimum absolute atomic E-state index is 0.489. The number of benzene rings is 1. The van der Waals surface area contributed by atoms with Gasteiger partial charge in [0.15, 0.2) is 0 Å². The molecule has 132 valence electrons. The van der Waals surface area contributed by atoms with E-state index in [1.165, 1.54) is 0 Å². The highest BCUT2D eigenvalue weighted by Gasteiger charge is 2.37. The summed E-state index contributed by atoms with van der Waals surface area (Å²) < 4.78 is 28.4. The second-order valence-corrected chi connectivity index (χ2v) is 9.00. The van der Waals surface area contributed by atoms with E-state index in [-0.39, 0.29) is 0 Å². The Morgan fingerprint density at radius 1 is 1.00 bits per heavy atom. The van der Waals surface area contributed by atoms with E-state index < -0.39 is 33.2 Å². The first kappa shape index (κ1) is 17.4. The highest BCUT2D eigenvalue weighted by atomic mass is 32.2. The molecule has 0 amide bonds. The van der Waals surface area contributed by atoms with Crippen LogP contribution in [-0.4, -0.2) is 30.8 Å². The van der Waals surface area contributed by atoms with Crippen LogP contribution in [0.4, 0.5) is 0 Å². The van der Waals surface area contributed by atoms with Crippen molar-refractivity contribution in [2.24, 2.45) is 5.92 Å². The van der Waals surface area contributed by atoms with Gasteiger partial charge in [-0.3, -0.25) is 4.79 Å². The Labute approximate surface area is 143 Å². The normalized spacial score (nSPS) is 25.7. The Bertz CT molecular complexity index is 676. The van der Waals surface area contributed by atoms with Gasteiger partial charge in [-0.05, 0) is 36.8 Å². The molecule has 3 rings (SSSR count). The van der Waals surface area contributed by atoms with Crippen LogP contribution in [0.3, 0.4) is 0 Å². The predicted molar refractivity (Wildman–Crippen MR) is 92.3 cm³/mol. The molecule has 1 fully saturated rings. The van der Waals surface area contributed by atoms with E-state index in [0.717, 1.165) is 36.8 Å². The lowest BCUT2D eigenvalue weighted by Gasteiger charge is -2.28. The molecule has 0 heterocycles. The Morgan fingerprint density at radius 2 is 1.58 bits per heavy atom. The van der Waals surface area contributed by atoms with Crippen LogP contribution in [0.5, 0.6) is 0 Å². The lowest BCUT2D eigenvalue weighted by atomic mass is 9.87. The molecule has 0 bridgehead atoms. The van der Waals surface area contributed by atoms with Gasteiger partial charge in [0.1, 0.15) is 0 Å². The zero-order valence-corrected chi connectivity index (χ0v) is 14.6. The second-order valence-electron chi connectivity index (χ2n) is 7.00. The summed E-state index contributed by atoms with van der Waals surface area (Å²) >= 11 is 0. The minimum atomic E-state index is -3.54. The summed E-state index contributed by atoms with van der Waals surface area (Å²) in [4.78, 5) is 11.6. The lowest BCUT2D eigenvalue weighted by Crippen LogP contribution is -2.47. The fourth-order valence-electron chi connectivity index (χ4n) is 3.97. The van der Waals surface area contributed by atoms with E-state index in [1.807, 2.05) is 24.3 Å². The minimum Gasteiger partial charge on any atom is -0.481 e. The number of carboxylic acids is 1. The molecule has 0 radical (unpaired) electrons. The van der Waals surface area contributed by atoms with Gasteiger partial charge in [0.25, 0.3) is 0 Å². The van der Waals surface area contributed by atoms with Gasteiger partial charge in [-0.25, -0.2) is 13.1 Å². The average molecular weight is 351 g/mol. The Morgan fingerprint density at radius 3 is 2.17 bits per heavy atom. The van der Waals surface area contributed by atoms with E-state index >= 15 is 0 Å². The van der Waals surface area contributed by atoms with Crippen LogP contribution >= 0.6 is 0 Å². The maximum absolute atomic E-state index is 12.8. The third-order valence-electron chi connectivity index (χ3n) is 5.35. The quantitative estimate of drug-likeness (QED) is 0.873. The summed E-state index contributed by atoms with van der Waals surface area (Å²) in [7, 11) is -3.54. The predicted octanol–water partition coefficient (Wildman–Crippen LogP) is 2.50. The van der Waals surface area contributed by atoms with Crippen molar-refractivity contribution >= 4 is 16.0 Å². The first-order valence-corrected chi connectivity index (χ1v) is 10.3. The third-order valence-corrected chi connectivity index (χ3v) is 7.19. The molecule has 5 nitrogen and oxygen atoms in total. The molecule has 1 saturated carbocycles. The Hall–Kier alpha value is -1.40. The van der Waals surface area contributed by atoms with Crippen molar-refractivity contribution in [1.29, 1.82) is 0 Å². The summed E-state index contributed by atoms with van der Waals surface area (Å²) in [5.74, 6) is -1.51. The zero-order chi connectivity index (χ0) is 17.2. The van der Waals surface area contributed by atoms with Gasteiger partial charge in [0, 0.05) is 6.04 Å². The molecule has 2 atom stereocenters. The monoisotopic (exact) mass is 351 g/mol. The van der Waals surface area contributed by atoms with Crippen molar-refractivity contribution in [2.75, 3.05) is 0 Å². The molecule has 2 aliphatic rings. The number of aliphatic carboxylic acids is 1. The summed E-state index contributed by atoms with van der Waals surface area (Å²) in [6.45, 7) is 0. The molecule has 2 unspecified atom stereocenters. The van der Waals surface area contributed by atoms with Crippen molar-refractivity contribution in [3.63, 3.8) is 0 Å². The van der Waals surface area contributed by atoms with E-state index in [2.05, 4.69) is 4.72 Å². The topological polar surface area (TPSA) is 83.5 Å². The maximum atomic E-state index is 12.8. The molecule has 0 spiro atoms. The number of carboxylic acid groups (broad SMARTS) is 1. The largest absolute Gasteiger partial charge is 0.481 e. The van der Waals surface area contributed by atoms with Crippen molar-refractivity contribution in [1.82, 2.24) is 4.72 Å². The summed E-state index contributed by atoms with van der Waals surface area (Å²) in [5.41, 5.74) is 2.17.